The van der Waals surface area contributed by atoms with E-state index in [4.69, 9.17) is 0 Å². The van der Waals surface area contributed by atoms with Crippen molar-refractivity contribution >= 4 is 27.7 Å². The monoisotopic (exact) mass is 366 g/mol. The molecule has 114 valence electrons. The molecular weight excluding hydrogens is 352 g/mol. The lowest BCUT2D eigenvalue weighted by molar-refractivity contribution is -0.115. The van der Waals surface area contributed by atoms with Crippen LogP contribution in [0.1, 0.15) is 5.56 Å². The van der Waals surface area contributed by atoms with E-state index in [-0.39, 0.29) is 5.91 Å². The third-order valence-electron chi connectivity index (χ3n) is 3.45. The zero-order chi connectivity index (χ0) is 16.1. The summed E-state index contributed by atoms with van der Waals surface area (Å²) in [6, 6.07) is 21.5. The first kappa shape index (κ1) is 15.4. The number of nitrogens with one attached hydrogen (secondary N) is 1. The van der Waals surface area contributed by atoms with E-state index in [9.17, 15) is 4.79 Å². The van der Waals surface area contributed by atoms with Gasteiger partial charge in [-0.05, 0) is 29.3 Å². The topological polar surface area (TPSA) is 42.0 Å². The predicted molar refractivity (Wildman–Crippen MR) is 96.1 cm³/mol. The highest BCUT2D eigenvalue weighted by molar-refractivity contribution is 9.10. The Hall–Kier alpha value is -2.46. The van der Waals surface area contributed by atoms with E-state index >= 15 is 0 Å². The summed E-state index contributed by atoms with van der Waals surface area (Å²) in [6.07, 6.45) is 2.08. The van der Waals surface area contributed by atoms with Crippen molar-refractivity contribution in [2.45, 2.75) is 6.42 Å². The molecule has 0 aliphatic carbocycles. The van der Waals surface area contributed by atoms with Crippen LogP contribution in [0.3, 0.4) is 0 Å². The molecule has 0 atom stereocenters. The van der Waals surface area contributed by atoms with Gasteiger partial charge in [0.2, 0.25) is 5.91 Å². The third-order valence-corrected chi connectivity index (χ3v) is 4.22. The Morgan fingerprint density at radius 1 is 0.913 bits per heavy atom. The molecule has 3 rings (SSSR count). The molecule has 4 heteroatoms. The molecule has 0 bridgehead atoms. The molecular formula is C19H15BrN2O. The van der Waals surface area contributed by atoms with E-state index in [1.807, 2.05) is 66.7 Å². The van der Waals surface area contributed by atoms with Crippen LogP contribution < -0.4 is 5.32 Å². The number of carbonyl (C=O) groups is 1. The average Bonchev–Trinajstić information content (AvgIpc) is 2.58. The number of carbonyl (C=O) groups excluding carboxylic acids is 1. The minimum atomic E-state index is -0.0862. The van der Waals surface area contributed by atoms with Crippen LogP contribution in [-0.4, -0.2) is 10.9 Å². The number of amides is 1. The van der Waals surface area contributed by atoms with Crippen LogP contribution in [0.15, 0.2) is 77.4 Å². The zero-order valence-electron chi connectivity index (χ0n) is 12.4. The van der Waals surface area contributed by atoms with Crippen molar-refractivity contribution in [1.29, 1.82) is 0 Å². The van der Waals surface area contributed by atoms with Crippen molar-refractivity contribution in [3.8, 4) is 11.1 Å². The van der Waals surface area contributed by atoms with Crippen LogP contribution in [0.4, 0.5) is 5.82 Å². The van der Waals surface area contributed by atoms with Gasteiger partial charge in [0, 0.05) is 16.2 Å². The Labute approximate surface area is 143 Å². The highest BCUT2D eigenvalue weighted by Crippen LogP contribution is 2.20. The van der Waals surface area contributed by atoms with Gasteiger partial charge in [-0.2, -0.15) is 0 Å². The Kier molecular flexibility index (Phi) is 4.83. The highest BCUT2D eigenvalue weighted by atomic mass is 79.9. The molecule has 0 saturated heterocycles. The van der Waals surface area contributed by atoms with E-state index in [1.165, 1.54) is 0 Å². The SMILES string of the molecule is O=C(Cc1ccccc1Br)Nc1ccc(-c2ccccc2)cn1. The predicted octanol–water partition coefficient (Wildman–Crippen LogP) is 4.69. The van der Waals surface area contributed by atoms with Gasteiger partial charge in [-0.3, -0.25) is 4.79 Å². The van der Waals surface area contributed by atoms with Gasteiger partial charge in [0.15, 0.2) is 0 Å². The molecule has 1 heterocycles. The van der Waals surface area contributed by atoms with Crippen LogP contribution in [0, 0.1) is 0 Å². The minimum Gasteiger partial charge on any atom is -0.310 e. The normalized spacial score (nSPS) is 10.3. The molecule has 0 spiro atoms. The Morgan fingerprint density at radius 2 is 1.65 bits per heavy atom. The Bertz CT molecular complexity index is 801. The summed E-state index contributed by atoms with van der Waals surface area (Å²) in [5.74, 6) is 0.471. The molecule has 1 N–H and O–H groups in total. The number of anilines is 1. The average molecular weight is 367 g/mol. The number of halogens is 1. The van der Waals surface area contributed by atoms with Crippen LogP contribution in [0.5, 0.6) is 0 Å². The molecule has 0 aliphatic rings. The summed E-state index contributed by atoms with van der Waals surface area (Å²) < 4.78 is 0.933. The summed E-state index contributed by atoms with van der Waals surface area (Å²) in [5.41, 5.74) is 3.08. The van der Waals surface area contributed by atoms with Crippen LogP contribution >= 0.6 is 15.9 Å². The summed E-state index contributed by atoms with van der Waals surface area (Å²) in [4.78, 5) is 16.4. The zero-order valence-corrected chi connectivity index (χ0v) is 14.0. The minimum absolute atomic E-state index is 0.0862. The van der Waals surface area contributed by atoms with Gasteiger partial charge in [0.25, 0.3) is 0 Å². The quantitative estimate of drug-likeness (QED) is 0.727. The lowest BCUT2D eigenvalue weighted by Gasteiger charge is -2.07. The van der Waals surface area contributed by atoms with Gasteiger partial charge in [-0.25, -0.2) is 4.98 Å². The second-order valence-electron chi connectivity index (χ2n) is 5.11. The van der Waals surface area contributed by atoms with E-state index < -0.39 is 0 Å². The number of hydrogen-bond donors (Lipinski definition) is 1. The largest absolute Gasteiger partial charge is 0.310 e. The molecule has 1 amide bonds. The molecule has 2 aromatic carbocycles. The highest BCUT2D eigenvalue weighted by Gasteiger charge is 2.07. The Morgan fingerprint density at radius 3 is 2.35 bits per heavy atom. The fourth-order valence-electron chi connectivity index (χ4n) is 2.27. The number of pyridine rings is 1. The number of rotatable bonds is 4. The second-order valence-corrected chi connectivity index (χ2v) is 5.97. The van der Waals surface area contributed by atoms with E-state index in [1.54, 1.807) is 6.20 Å². The van der Waals surface area contributed by atoms with Gasteiger partial charge >= 0.3 is 0 Å². The second kappa shape index (κ2) is 7.20. The maximum atomic E-state index is 12.1. The van der Waals surface area contributed by atoms with Crippen LogP contribution in [0.25, 0.3) is 11.1 Å². The molecule has 0 aliphatic heterocycles. The molecule has 23 heavy (non-hydrogen) atoms. The van der Waals surface area contributed by atoms with Crippen molar-refractivity contribution in [3.63, 3.8) is 0 Å². The lowest BCUT2D eigenvalue weighted by atomic mass is 10.1. The summed E-state index contributed by atoms with van der Waals surface area (Å²) in [7, 11) is 0. The fourth-order valence-corrected chi connectivity index (χ4v) is 2.70. The van der Waals surface area contributed by atoms with Gasteiger partial charge in [-0.15, -0.1) is 0 Å². The number of benzene rings is 2. The molecule has 0 unspecified atom stereocenters. The fraction of sp³-hybridized carbons (Fsp3) is 0.0526. The van der Waals surface area contributed by atoms with Gasteiger partial charge in [-0.1, -0.05) is 64.5 Å². The van der Waals surface area contributed by atoms with Crippen LogP contribution in [0.2, 0.25) is 0 Å². The summed E-state index contributed by atoms with van der Waals surface area (Å²) in [6.45, 7) is 0. The number of hydrogen-bond acceptors (Lipinski definition) is 2. The van der Waals surface area contributed by atoms with Crippen LogP contribution in [-0.2, 0) is 11.2 Å². The van der Waals surface area contributed by atoms with E-state index in [2.05, 4.69) is 26.2 Å². The first-order valence-electron chi connectivity index (χ1n) is 7.27. The van der Waals surface area contributed by atoms with Crippen molar-refractivity contribution in [1.82, 2.24) is 4.98 Å². The van der Waals surface area contributed by atoms with Crippen molar-refractivity contribution in [3.05, 3.63) is 83.0 Å². The number of nitrogens with zero attached hydrogens (tertiary/aromatic N) is 1. The smallest absolute Gasteiger partial charge is 0.229 e. The third kappa shape index (κ3) is 4.05. The first-order valence-corrected chi connectivity index (χ1v) is 8.06. The Balaban J connectivity index is 1.66. The standard InChI is InChI=1S/C19H15BrN2O/c20-17-9-5-4-8-15(17)12-19(23)22-18-11-10-16(13-21-18)14-6-2-1-3-7-14/h1-11,13H,12H2,(H,21,22,23). The number of aromatic nitrogens is 1. The van der Waals surface area contributed by atoms with E-state index in [0.717, 1.165) is 21.2 Å². The molecule has 3 nitrogen and oxygen atoms in total. The van der Waals surface area contributed by atoms with Crippen molar-refractivity contribution in [2.24, 2.45) is 0 Å². The molecule has 3 aromatic rings. The van der Waals surface area contributed by atoms with Gasteiger partial charge in [0.1, 0.15) is 5.82 Å². The molecule has 0 fully saturated rings. The molecule has 1 aromatic heterocycles. The maximum Gasteiger partial charge on any atom is 0.229 e. The van der Waals surface area contributed by atoms with Crippen molar-refractivity contribution < 1.29 is 4.79 Å². The van der Waals surface area contributed by atoms with E-state index in [0.29, 0.717) is 12.2 Å². The summed E-state index contributed by atoms with van der Waals surface area (Å²) in [5, 5.41) is 2.83. The maximum absolute atomic E-state index is 12.1. The molecule has 0 radical (unpaired) electrons. The van der Waals surface area contributed by atoms with Gasteiger partial charge in [0.05, 0.1) is 6.42 Å². The molecule has 0 saturated carbocycles. The first-order chi connectivity index (χ1) is 11.2. The lowest BCUT2D eigenvalue weighted by Crippen LogP contribution is -2.15. The summed E-state index contributed by atoms with van der Waals surface area (Å²) >= 11 is 3.45. The van der Waals surface area contributed by atoms with Gasteiger partial charge < -0.3 is 5.32 Å². The van der Waals surface area contributed by atoms with Crippen molar-refractivity contribution in [2.75, 3.05) is 5.32 Å².